The van der Waals surface area contributed by atoms with Gasteiger partial charge >= 0.3 is 5.69 Å². The molecule has 6 nitrogen and oxygen atoms in total. The molecule has 1 aliphatic heterocycles. The van der Waals surface area contributed by atoms with Gasteiger partial charge in [-0.2, -0.15) is 0 Å². The van der Waals surface area contributed by atoms with E-state index in [0.29, 0.717) is 17.4 Å². The van der Waals surface area contributed by atoms with Gasteiger partial charge in [0.2, 0.25) is 0 Å². The Morgan fingerprint density at radius 2 is 1.73 bits per heavy atom. The number of nitrogens with zero attached hydrogens (tertiary/aromatic N) is 2. The number of aliphatic hydroxyl groups is 1. The lowest BCUT2D eigenvalue weighted by Gasteiger charge is -2.30. The highest BCUT2D eigenvalue weighted by molar-refractivity contribution is 5.76. The molecule has 2 N–H and O–H groups in total. The monoisotopic (exact) mass is 351 g/mol. The first-order valence-corrected chi connectivity index (χ1v) is 8.81. The van der Waals surface area contributed by atoms with Gasteiger partial charge in [0.25, 0.3) is 5.56 Å². The van der Waals surface area contributed by atoms with Gasteiger partial charge in [-0.1, -0.05) is 36.4 Å². The fraction of sp³-hybridized carbons (Fsp3) is 0.300. The van der Waals surface area contributed by atoms with E-state index in [4.69, 9.17) is 0 Å². The van der Waals surface area contributed by atoms with Crippen LogP contribution in [0.25, 0.3) is 10.9 Å². The van der Waals surface area contributed by atoms with Crippen LogP contribution in [-0.2, 0) is 19.5 Å². The molecule has 6 heteroatoms. The van der Waals surface area contributed by atoms with Gasteiger partial charge in [-0.3, -0.25) is 14.3 Å². The molecule has 1 atom stereocenters. The number of nitrogens with one attached hydrogen (secondary N) is 1. The maximum atomic E-state index is 12.6. The minimum Gasteiger partial charge on any atom is -0.390 e. The SMILES string of the molecule is O=c1[nH]c2ccccc2c(=O)n1C[C@H](O)CN1CCc2ccccc2C1. The summed E-state index contributed by atoms with van der Waals surface area (Å²) in [5, 5.41) is 10.9. The van der Waals surface area contributed by atoms with Crippen LogP contribution in [0, 0.1) is 0 Å². The zero-order valence-corrected chi connectivity index (χ0v) is 14.4. The second-order valence-corrected chi connectivity index (χ2v) is 6.80. The molecule has 0 radical (unpaired) electrons. The van der Waals surface area contributed by atoms with Gasteiger partial charge in [-0.05, 0) is 29.7 Å². The smallest absolute Gasteiger partial charge is 0.328 e. The van der Waals surface area contributed by atoms with E-state index in [-0.39, 0.29) is 12.1 Å². The molecule has 0 spiro atoms. The largest absolute Gasteiger partial charge is 0.390 e. The summed E-state index contributed by atoms with van der Waals surface area (Å²) in [5.74, 6) is 0. The number of rotatable bonds is 4. The van der Waals surface area contributed by atoms with Crippen LogP contribution in [0.15, 0.2) is 58.1 Å². The quantitative estimate of drug-likeness (QED) is 0.738. The van der Waals surface area contributed by atoms with Crippen molar-refractivity contribution in [3.63, 3.8) is 0 Å². The van der Waals surface area contributed by atoms with Gasteiger partial charge in [0.1, 0.15) is 0 Å². The Labute approximate surface area is 150 Å². The third-order valence-corrected chi connectivity index (χ3v) is 4.96. The Morgan fingerprint density at radius 1 is 1.00 bits per heavy atom. The van der Waals surface area contributed by atoms with Crippen LogP contribution >= 0.6 is 0 Å². The summed E-state index contributed by atoms with van der Waals surface area (Å²) in [6.45, 7) is 2.04. The summed E-state index contributed by atoms with van der Waals surface area (Å²) in [6, 6.07) is 15.2. The predicted molar refractivity (Wildman–Crippen MR) is 100 cm³/mol. The van der Waals surface area contributed by atoms with Crippen molar-refractivity contribution in [3.8, 4) is 0 Å². The minimum atomic E-state index is -0.791. The molecule has 0 bridgehead atoms. The molecule has 2 aromatic carbocycles. The average Bonchev–Trinajstić information content (AvgIpc) is 2.65. The molecule has 134 valence electrons. The lowest BCUT2D eigenvalue weighted by atomic mass is 10.00. The second kappa shape index (κ2) is 6.90. The van der Waals surface area contributed by atoms with E-state index < -0.39 is 11.8 Å². The van der Waals surface area contributed by atoms with Crippen molar-refractivity contribution >= 4 is 10.9 Å². The summed E-state index contributed by atoms with van der Waals surface area (Å²) in [6.07, 6.45) is 0.152. The van der Waals surface area contributed by atoms with Crippen molar-refractivity contribution in [3.05, 3.63) is 80.5 Å². The Hall–Kier alpha value is -2.70. The van der Waals surface area contributed by atoms with Crippen molar-refractivity contribution in [2.24, 2.45) is 0 Å². The predicted octanol–water partition coefficient (Wildman–Crippen LogP) is 1.11. The standard InChI is InChI=1S/C20H21N3O3/c24-16(12-22-10-9-14-5-1-2-6-15(14)11-22)13-23-19(25)17-7-3-4-8-18(17)21-20(23)26/h1-8,16,24H,9-13H2,(H,21,26)/t16-/m1/s1. The van der Waals surface area contributed by atoms with Gasteiger partial charge in [0.15, 0.2) is 0 Å². The van der Waals surface area contributed by atoms with Crippen LogP contribution in [0.3, 0.4) is 0 Å². The van der Waals surface area contributed by atoms with E-state index in [1.54, 1.807) is 24.3 Å². The summed E-state index contributed by atoms with van der Waals surface area (Å²) >= 11 is 0. The normalized spacial score (nSPS) is 15.7. The van der Waals surface area contributed by atoms with Crippen molar-refractivity contribution in [2.75, 3.05) is 13.1 Å². The van der Waals surface area contributed by atoms with Crippen molar-refractivity contribution in [2.45, 2.75) is 25.6 Å². The minimum absolute atomic E-state index is 0.0167. The molecule has 2 heterocycles. The van der Waals surface area contributed by atoms with E-state index in [0.717, 1.165) is 24.1 Å². The Morgan fingerprint density at radius 3 is 2.58 bits per heavy atom. The lowest BCUT2D eigenvalue weighted by Crippen LogP contribution is -2.43. The molecule has 1 aliphatic rings. The van der Waals surface area contributed by atoms with Gasteiger partial charge < -0.3 is 10.1 Å². The highest BCUT2D eigenvalue weighted by Crippen LogP contribution is 2.18. The summed E-state index contributed by atoms with van der Waals surface area (Å²) in [7, 11) is 0. The third kappa shape index (κ3) is 3.21. The van der Waals surface area contributed by atoms with E-state index >= 15 is 0 Å². The van der Waals surface area contributed by atoms with E-state index in [1.807, 2.05) is 12.1 Å². The van der Waals surface area contributed by atoms with E-state index in [1.165, 1.54) is 11.1 Å². The van der Waals surface area contributed by atoms with Gasteiger partial charge in [-0.25, -0.2) is 4.79 Å². The maximum Gasteiger partial charge on any atom is 0.328 e. The van der Waals surface area contributed by atoms with Gasteiger partial charge in [-0.15, -0.1) is 0 Å². The summed E-state index contributed by atoms with van der Waals surface area (Å²) in [5.41, 5.74) is 2.28. The van der Waals surface area contributed by atoms with Crippen molar-refractivity contribution < 1.29 is 5.11 Å². The van der Waals surface area contributed by atoms with E-state index in [2.05, 4.69) is 22.0 Å². The van der Waals surface area contributed by atoms with E-state index in [9.17, 15) is 14.7 Å². The average molecular weight is 351 g/mol. The molecular weight excluding hydrogens is 330 g/mol. The van der Waals surface area contributed by atoms with Crippen LogP contribution in [0.2, 0.25) is 0 Å². The lowest BCUT2D eigenvalue weighted by molar-refractivity contribution is 0.0900. The number of β-amino-alcohol motifs (C(OH)–C–C–N with tert-alkyl or cyclic N) is 1. The topological polar surface area (TPSA) is 78.3 Å². The molecule has 3 aromatic rings. The number of benzene rings is 2. The maximum absolute atomic E-state index is 12.6. The van der Waals surface area contributed by atoms with Crippen LogP contribution in [-0.4, -0.2) is 38.8 Å². The Bertz CT molecular complexity index is 1050. The molecule has 0 fully saturated rings. The first-order chi connectivity index (χ1) is 12.6. The third-order valence-electron chi connectivity index (χ3n) is 4.96. The molecule has 1 aromatic heterocycles. The Kier molecular flexibility index (Phi) is 4.44. The number of para-hydroxylation sites is 1. The number of H-pyrrole nitrogens is 1. The first-order valence-electron chi connectivity index (χ1n) is 8.81. The highest BCUT2D eigenvalue weighted by atomic mass is 16.3. The number of aromatic nitrogens is 2. The second-order valence-electron chi connectivity index (χ2n) is 6.80. The number of aromatic amines is 1. The van der Waals surface area contributed by atoms with Crippen molar-refractivity contribution in [1.82, 2.24) is 14.5 Å². The molecule has 0 saturated carbocycles. The van der Waals surface area contributed by atoms with Crippen LogP contribution < -0.4 is 11.2 Å². The van der Waals surface area contributed by atoms with Crippen LogP contribution in [0.1, 0.15) is 11.1 Å². The Balaban J connectivity index is 1.51. The van der Waals surface area contributed by atoms with Gasteiger partial charge in [0, 0.05) is 19.6 Å². The first kappa shape index (κ1) is 16.8. The number of hydrogen-bond acceptors (Lipinski definition) is 4. The highest BCUT2D eigenvalue weighted by Gasteiger charge is 2.19. The zero-order chi connectivity index (χ0) is 18.1. The number of hydrogen-bond donors (Lipinski definition) is 2. The fourth-order valence-corrected chi connectivity index (χ4v) is 3.64. The molecule has 4 rings (SSSR count). The summed E-state index contributed by atoms with van der Waals surface area (Å²) in [4.78, 5) is 29.7. The number of aliphatic hydroxyl groups excluding tert-OH is 1. The molecule has 0 amide bonds. The summed E-state index contributed by atoms with van der Waals surface area (Å²) < 4.78 is 1.09. The molecule has 0 aliphatic carbocycles. The molecule has 0 unspecified atom stereocenters. The van der Waals surface area contributed by atoms with Crippen LogP contribution in [0.4, 0.5) is 0 Å². The fourth-order valence-electron chi connectivity index (χ4n) is 3.64. The molecule has 26 heavy (non-hydrogen) atoms. The zero-order valence-electron chi connectivity index (χ0n) is 14.4. The van der Waals surface area contributed by atoms with Crippen LogP contribution in [0.5, 0.6) is 0 Å². The number of fused-ring (bicyclic) bond motifs is 2. The van der Waals surface area contributed by atoms with Crippen molar-refractivity contribution in [1.29, 1.82) is 0 Å². The molecule has 0 saturated heterocycles. The molecular formula is C20H21N3O3. The van der Waals surface area contributed by atoms with Gasteiger partial charge in [0.05, 0.1) is 23.6 Å².